The summed E-state index contributed by atoms with van der Waals surface area (Å²) in [6.07, 6.45) is 5.09. The summed E-state index contributed by atoms with van der Waals surface area (Å²) in [5.74, 6) is 2.19. The van der Waals surface area contributed by atoms with Gasteiger partial charge in [-0.05, 0) is 61.8 Å². The second-order valence-corrected chi connectivity index (χ2v) is 6.43. The fourth-order valence-corrected chi connectivity index (χ4v) is 2.70. The van der Waals surface area contributed by atoms with E-state index in [0.29, 0.717) is 6.04 Å². The number of ether oxygens (including phenoxy) is 1. The molecule has 2 aliphatic rings. The largest absolute Gasteiger partial charge is 0.484 e. The van der Waals surface area contributed by atoms with Crippen LogP contribution in [-0.4, -0.2) is 18.6 Å². The molecule has 4 heteroatoms. The Bertz CT molecular complexity index is 440. The summed E-state index contributed by atoms with van der Waals surface area (Å²) in [6, 6.07) is 7.93. The molecule has 0 unspecified atom stereocenters. The minimum Gasteiger partial charge on any atom is -0.484 e. The maximum Gasteiger partial charge on any atom is 0.258 e. The first-order chi connectivity index (χ1) is 9.22. The van der Waals surface area contributed by atoms with Crippen molar-refractivity contribution in [3.8, 4) is 5.75 Å². The molecule has 0 aromatic heterocycles. The lowest BCUT2D eigenvalue weighted by Gasteiger charge is -2.17. The molecule has 2 fully saturated rings. The molecular formula is C15H18BrNO2. The van der Waals surface area contributed by atoms with Gasteiger partial charge in [0.1, 0.15) is 5.75 Å². The molecule has 19 heavy (non-hydrogen) atoms. The Kier molecular flexibility index (Phi) is 3.78. The number of amides is 1. The standard InChI is InChI=1S/C15H18BrNO2/c16-12-5-7-13(8-6-12)19-9-14(18)17-15(10-1-2-10)11-3-4-11/h5-8,10-11,15H,1-4,9H2,(H,17,18). The van der Waals surface area contributed by atoms with Crippen LogP contribution in [0.1, 0.15) is 25.7 Å². The van der Waals surface area contributed by atoms with Crippen LogP contribution >= 0.6 is 15.9 Å². The van der Waals surface area contributed by atoms with Crippen molar-refractivity contribution in [1.29, 1.82) is 0 Å². The van der Waals surface area contributed by atoms with Crippen molar-refractivity contribution in [3.63, 3.8) is 0 Å². The molecule has 0 heterocycles. The van der Waals surface area contributed by atoms with E-state index in [1.165, 1.54) is 25.7 Å². The van der Waals surface area contributed by atoms with E-state index in [4.69, 9.17) is 4.74 Å². The molecule has 1 aromatic carbocycles. The zero-order chi connectivity index (χ0) is 13.2. The summed E-state index contributed by atoms with van der Waals surface area (Å²) < 4.78 is 6.50. The van der Waals surface area contributed by atoms with E-state index >= 15 is 0 Å². The van der Waals surface area contributed by atoms with Crippen LogP contribution in [0.25, 0.3) is 0 Å². The predicted molar refractivity (Wildman–Crippen MR) is 77.0 cm³/mol. The van der Waals surface area contributed by atoms with Gasteiger partial charge in [-0.15, -0.1) is 0 Å². The number of nitrogens with one attached hydrogen (secondary N) is 1. The van der Waals surface area contributed by atoms with Gasteiger partial charge in [-0.1, -0.05) is 15.9 Å². The molecule has 1 N–H and O–H groups in total. The molecule has 0 aliphatic heterocycles. The van der Waals surface area contributed by atoms with Gasteiger partial charge in [0.2, 0.25) is 0 Å². The molecule has 102 valence electrons. The van der Waals surface area contributed by atoms with Gasteiger partial charge in [0.15, 0.2) is 6.61 Å². The van der Waals surface area contributed by atoms with Gasteiger partial charge in [-0.2, -0.15) is 0 Å². The molecule has 1 aromatic rings. The van der Waals surface area contributed by atoms with Crippen molar-refractivity contribution in [3.05, 3.63) is 28.7 Å². The minimum absolute atomic E-state index is 0.00622. The van der Waals surface area contributed by atoms with Crippen LogP contribution in [0, 0.1) is 11.8 Å². The fraction of sp³-hybridized carbons (Fsp3) is 0.533. The number of carbonyl (C=O) groups is 1. The van der Waals surface area contributed by atoms with E-state index in [0.717, 1.165) is 22.1 Å². The first kappa shape index (κ1) is 13.0. The van der Waals surface area contributed by atoms with Crippen molar-refractivity contribution < 1.29 is 9.53 Å². The second-order valence-electron chi connectivity index (χ2n) is 5.51. The molecule has 3 nitrogen and oxygen atoms in total. The number of benzene rings is 1. The van der Waals surface area contributed by atoms with E-state index in [2.05, 4.69) is 21.2 Å². The zero-order valence-electron chi connectivity index (χ0n) is 10.8. The highest BCUT2D eigenvalue weighted by atomic mass is 79.9. The average molecular weight is 324 g/mol. The normalized spacial score (nSPS) is 18.4. The van der Waals surface area contributed by atoms with Crippen LogP contribution in [0.2, 0.25) is 0 Å². The number of rotatable bonds is 6. The molecule has 0 saturated heterocycles. The summed E-state index contributed by atoms with van der Waals surface area (Å²) >= 11 is 3.37. The van der Waals surface area contributed by atoms with Crippen molar-refractivity contribution in [2.75, 3.05) is 6.61 Å². The van der Waals surface area contributed by atoms with E-state index in [9.17, 15) is 4.79 Å². The van der Waals surface area contributed by atoms with E-state index in [1.54, 1.807) is 0 Å². The molecule has 0 radical (unpaired) electrons. The predicted octanol–water partition coefficient (Wildman–Crippen LogP) is 3.13. The Labute approximate surface area is 121 Å². The molecule has 1 amide bonds. The lowest BCUT2D eigenvalue weighted by molar-refractivity contribution is -0.124. The van der Waals surface area contributed by atoms with Gasteiger partial charge in [-0.25, -0.2) is 0 Å². The Morgan fingerprint density at radius 3 is 2.32 bits per heavy atom. The van der Waals surface area contributed by atoms with Gasteiger partial charge in [0, 0.05) is 10.5 Å². The molecule has 0 spiro atoms. The highest BCUT2D eigenvalue weighted by Gasteiger charge is 2.42. The van der Waals surface area contributed by atoms with Gasteiger partial charge in [-0.3, -0.25) is 4.79 Å². The Hall–Kier alpha value is -1.03. The van der Waals surface area contributed by atoms with E-state index in [1.807, 2.05) is 24.3 Å². The molecule has 2 aliphatic carbocycles. The monoisotopic (exact) mass is 323 g/mol. The van der Waals surface area contributed by atoms with Gasteiger partial charge in [0.25, 0.3) is 5.91 Å². The number of hydrogen-bond donors (Lipinski definition) is 1. The molecule has 3 rings (SSSR count). The molecule has 0 atom stereocenters. The number of hydrogen-bond acceptors (Lipinski definition) is 2. The fourth-order valence-electron chi connectivity index (χ4n) is 2.44. The van der Waals surface area contributed by atoms with Crippen LogP contribution < -0.4 is 10.1 Å². The second kappa shape index (κ2) is 5.53. The summed E-state index contributed by atoms with van der Waals surface area (Å²) in [4.78, 5) is 11.9. The Balaban J connectivity index is 1.46. The highest BCUT2D eigenvalue weighted by molar-refractivity contribution is 9.10. The highest BCUT2D eigenvalue weighted by Crippen LogP contribution is 2.44. The molecular weight excluding hydrogens is 306 g/mol. The van der Waals surface area contributed by atoms with Crippen LogP contribution in [0.5, 0.6) is 5.75 Å². The Morgan fingerprint density at radius 1 is 1.21 bits per heavy atom. The van der Waals surface area contributed by atoms with Crippen molar-refractivity contribution in [2.24, 2.45) is 11.8 Å². The lowest BCUT2D eigenvalue weighted by atomic mass is 10.1. The third-order valence-corrected chi connectivity index (χ3v) is 4.30. The van der Waals surface area contributed by atoms with Crippen LogP contribution in [-0.2, 0) is 4.79 Å². The Morgan fingerprint density at radius 2 is 1.79 bits per heavy atom. The first-order valence-corrected chi connectivity index (χ1v) is 7.69. The van der Waals surface area contributed by atoms with Crippen molar-refractivity contribution >= 4 is 21.8 Å². The quantitative estimate of drug-likeness (QED) is 0.873. The van der Waals surface area contributed by atoms with E-state index < -0.39 is 0 Å². The van der Waals surface area contributed by atoms with Crippen LogP contribution in [0.15, 0.2) is 28.7 Å². The SMILES string of the molecule is O=C(COc1ccc(Br)cc1)NC(C1CC1)C1CC1. The zero-order valence-corrected chi connectivity index (χ0v) is 12.4. The summed E-state index contributed by atoms with van der Waals surface area (Å²) in [7, 11) is 0. The maximum atomic E-state index is 11.9. The average Bonchev–Trinajstić information content (AvgIpc) is 3.29. The summed E-state index contributed by atoms with van der Waals surface area (Å²) in [5, 5.41) is 3.15. The van der Waals surface area contributed by atoms with Gasteiger partial charge in [0.05, 0.1) is 0 Å². The molecule has 2 saturated carbocycles. The van der Waals surface area contributed by atoms with Crippen LogP contribution in [0.3, 0.4) is 0 Å². The number of carbonyl (C=O) groups excluding carboxylic acids is 1. The summed E-state index contributed by atoms with van der Waals surface area (Å²) in [5.41, 5.74) is 0. The van der Waals surface area contributed by atoms with Crippen molar-refractivity contribution in [2.45, 2.75) is 31.7 Å². The maximum absolute atomic E-state index is 11.9. The topological polar surface area (TPSA) is 38.3 Å². The number of halogens is 1. The first-order valence-electron chi connectivity index (χ1n) is 6.90. The van der Waals surface area contributed by atoms with Gasteiger partial charge < -0.3 is 10.1 Å². The molecule has 0 bridgehead atoms. The lowest BCUT2D eigenvalue weighted by Crippen LogP contribution is -2.40. The third kappa shape index (κ3) is 3.72. The smallest absolute Gasteiger partial charge is 0.258 e. The third-order valence-electron chi connectivity index (χ3n) is 3.77. The van der Waals surface area contributed by atoms with E-state index in [-0.39, 0.29) is 12.5 Å². The van der Waals surface area contributed by atoms with Crippen molar-refractivity contribution in [1.82, 2.24) is 5.32 Å². The van der Waals surface area contributed by atoms with Gasteiger partial charge >= 0.3 is 0 Å². The summed E-state index contributed by atoms with van der Waals surface area (Å²) in [6.45, 7) is 0.109. The minimum atomic E-state index is 0.00622. The van der Waals surface area contributed by atoms with Crippen LogP contribution in [0.4, 0.5) is 0 Å².